The first-order chi connectivity index (χ1) is 19.2. The van der Waals surface area contributed by atoms with Crippen molar-refractivity contribution in [3.05, 3.63) is 23.3 Å². The van der Waals surface area contributed by atoms with Gasteiger partial charge in [0.2, 0.25) is 0 Å². The molecule has 0 aromatic heterocycles. The molecule has 12 nitrogen and oxygen atoms in total. The van der Waals surface area contributed by atoms with E-state index in [1.807, 2.05) is 13.8 Å². The van der Waals surface area contributed by atoms with Gasteiger partial charge >= 0.3 is 17.9 Å². The Morgan fingerprint density at radius 1 is 0.976 bits per heavy atom. The average molecular weight is 582 g/mol. The van der Waals surface area contributed by atoms with Gasteiger partial charge in [0.15, 0.2) is 18.3 Å². The summed E-state index contributed by atoms with van der Waals surface area (Å²) in [7, 11) is 0. The Kier molecular flexibility index (Phi) is 12.5. The number of hydrogen-bond acceptors (Lipinski definition) is 11. The Hall–Kier alpha value is -3.22. The van der Waals surface area contributed by atoms with Gasteiger partial charge in [-0.05, 0) is 56.4 Å². The highest BCUT2D eigenvalue weighted by atomic mass is 16.6. The lowest BCUT2D eigenvalue weighted by atomic mass is 9.87. The maximum absolute atomic E-state index is 12.5. The van der Waals surface area contributed by atoms with Crippen molar-refractivity contribution in [3.63, 3.8) is 0 Å². The maximum atomic E-state index is 12.5. The molecule has 1 unspecified atom stereocenters. The van der Waals surface area contributed by atoms with E-state index in [9.17, 15) is 29.4 Å². The monoisotopic (exact) mass is 581 g/mol. The first kappa shape index (κ1) is 34.0. The lowest BCUT2D eigenvalue weighted by molar-refractivity contribution is -0.226. The van der Waals surface area contributed by atoms with Gasteiger partial charge in [0, 0.05) is 31.9 Å². The van der Waals surface area contributed by atoms with Crippen molar-refractivity contribution in [1.82, 2.24) is 0 Å². The predicted molar refractivity (Wildman–Crippen MR) is 147 cm³/mol. The van der Waals surface area contributed by atoms with E-state index in [4.69, 9.17) is 23.7 Å². The fourth-order valence-corrected chi connectivity index (χ4v) is 4.54. The molecule has 1 saturated heterocycles. The molecule has 1 amide bonds. The third kappa shape index (κ3) is 9.98. The van der Waals surface area contributed by atoms with E-state index in [1.165, 1.54) is 20.8 Å². The molecule has 0 radical (unpaired) electrons. The SMILES string of the molecule is CC(=O)O[C@@H]1[C@@H](OC(C)=O)[C@H](OC(C)=O)CO[C@@H]1CCCCOc1cc(C)c(NC(=O)C(O)C(C)(C)CO)c(C)c1. The van der Waals surface area contributed by atoms with Crippen LogP contribution in [-0.4, -0.2) is 84.4 Å². The molecule has 1 heterocycles. The Labute approximate surface area is 240 Å². The summed E-state index contributed by atoms with van der Waals surface area (Å²) in [5, 5.41) is 22.5. The number of rotatable bonds is 13. The highest BCUT2D eigenvalue weighted by molar-refractivity contribution is 5.96. The summed E-state index contributed by atoms with van der Waals surface area (Å²) in [6.07, 6.45) is -3.04. The van der Waals surface area contributed by atoms with E-state index < -0.39 is 59.7 Å². The van der Waals surface area contributed by atoms with Gasteiger partial charge in [-0.15, -0.1) is 0 Å². The zero-order valence-electron chi connectivity index (χ0n) is 24.9. The van der Waals surface area contributed by atoms with Crippen molar-refractivity contribution >= 4 is 29.5 Å². The Balaban J connectivity index is 1.96. The molecule has 0 aliphatic carbocycles. The van der Waals surface area contributed by atoms with E-state index in [1.54, 1.807) is 26.0 Å². The number of carbonyl (C=O) groups excluding carboxylic acids is 4. The highest BCUT2D eigenvalue weighted by Gasteiger charge is 2.46. The molecule has 41 heavy (non-hydrogen) atoms. The minimum atomic E-state index is -1.38. The summed E-state index contributed by atoms with van der Waals surface area (Å²) in [5.41, 5.74) is 1.08. The fourth-order valence-electron chi connectivity index (χ4n) is 4.54. The summed E-state index contributed by atoms with van der Waals surface area (Å²) in [5.74, 6) is -1.74. The number of esters is 3. The molecule has 1 aromatic rings. The van der Waals surface area contributed by atoms with Crippen LogP contribution in [-0.2, 0) is 38.1 Å². The fraction of sp³-hybridized carbons (Fsp3) is 0.655. The Bertz CT molecular complexity index is 1060. The number of anilines is 1. The second kappa shape index (κ2) is 15.1. The molecule has 12 heteroatoms. The molecular formula is C29H43NO11. The summed E-state index contributed by atoms with van der Waals surface area (Å²) in [6, 6.07) is 3.57. The molecule has 1 aliphatic rings. The van der Waals surface area contributed by atoms with Gasteiger partial charge < -0.3 is 39.2 Å². The first-order valence-corrected chi connectivity index (χ1v) is 13.6. The number of amides is 1. The number of aryl methyl sites for hydroxylation is 2. The summed E-state index contributed by atoms with van der Waals surface area (Å²) in [4.78, 5) is 47.5. The van der Waals surface area contributed by atoms with Crippen molar-refractivity contribution in [2.75, 3.05) is 25.1 Å². The van der Waals surface area contributed by atoms with Crippen LogP contribution in [0.2, 0.25) is 0 Å². The second-order valence-electron chi connectivity index (χ2n) is 11.0. The van der Waals surface area contributed by atoms with Crippen molar-refractivity contribution in [1.29, 1.82) is 0 Å². The number of ether oxygens (including phenoxy) is 5. The molecule has 0 bridgehead atoms. The van der Waals surface area contributed by atoms with Gasteiger partial charge in [0.1, 0.15) is 11.9 Å². The second-order valence-corrected chi connectivity index (χ2v) is 11.0. The zero-order valence-corrected chi connectivity index (χ0v) is 24.9. The molecular weight excluding hydrogens is 538 g/mol. The number of nitrogens with one attached hydrogen (secondary N) is 1. The lowest BCUT2D eigenvalue weighted by Gasteiger charge is -2.40. The largest absolute Gasteiger partial charge is 0.494 e. The number of aliphatic hydroxyl groups is 2. The van der Waals surface area contributed by atoms with Crippen LogP contribution in [0.3, 0.4) is 0 Å². The molecule has 3 N–H and O–H groups in total. The molecule has 2 rings (SSSR count). The smallest absolute Gasteiger partial charge is 0.303 e. The first-order valence-electron chi connectivity index (χ1n) is 13.6. The third-order valence-corrected chi connectivity index (χ3v) is 6.75. The standard InChI is InChI=1S/C29H43NO11/c1-16-12-21(13-17(2)24(16)30-28(36)27(35)29(6,7)15-31)37-11-9-8-10-22-25(40-19(4)33)26(41-20(5)34)23(14-38-22)39-18(3)32/h12-13,22-23,25-27,31,35H,8-11,14-15H2,1-7H3,(H,30,36)/t22-,23-,25+,26+,27?/m1/s1. The van der Waals surface area contributed by atoms with Crippen LogP contribution in [0.4, 0.5) is 5.69 Å². The van der Waals surface area contributed by atoms with Gasteiger partial charge in [-0.25, -0.2) is 0 Å². The molecule has 230 valence electrons. The van der Waals surface area contributed by atoms with Crippen LogP contribution in [0.1, 0.15) is 65.0 Å². The molecule has 1 fully saturated rings. The third-order valence-electron chi connectivity index (χ3n) is 6.75. The quantitative estimate of drug-likeness (QED) is 0.178. The summed E-state index contributed by atoms with van der Waals surface area (Å²) >= 11 is 0. The summed E-state index contributed by atoms with van der Waals surface area (Å²) in [6.45, 7) is 10.6. The maximum Gasteiger partial charge on any atom is 0.303 e. The number of aliphatic hydroxyl groups excluding tert-OH is 2. The molecule has 1 aromatic carbocycles. The van der Waals surface area contributed by atoms with Crippen molar-refractivity contribution < 1.29 is 53.1 Å². The van der Waals surface area contributed by atoms with Gasteiger partial charge in [-0.2, -0.15) is 0 Å². The number of carbonyl (C=O) groups is 4. The van der Waals surface area contributed by atoms with Crippen LogP contribution in [0.25, 0.3) is 0 Å². The number of benzene rings is 1. The van der Waals surface area contributed by atoms with E-state index in [2.05, 4.69) is 5.32 Å². The van der Waals surface area contributed by atoms with Gasteiger partial charge in [-0.1, -0.05) is 13.8 Å². The topological polar surface area (TPSA) is 167 Å². The number of unbranched alkanes of at least 4 members (excludes halogenated alkanes) is 1. The predicted octanol–water partition coefficient (Wildman–Crippen LogP) is 2.36. The zero-order chi connectivity index (χ0) is 30.9. The molecule has 1 aliphatic heterocycles. The van der Waals surface area contributed by atoms with Crippen molar-refractivity contribution in [2.24, 2.45) is 5.41 Å². The molecule has 5 atom stereocenters. The Morgan fingerprint density at radius 2 is 1.54 bits per heavy atom. The average Bonchev–Trinajstić information content (AvgIpc) is 2.87. The van der Waals surface area contributed by atoms with Crippen LogP contribution >= 0.6 is 0 Å². The number of hydrogen-bond donors (Lipinski definition) is 3. The van der Waals surface area contributed by atoms with Crippen LogP contribution in [0.15, 0.2) is 12.1 Å². The minimum absolute atomic E-state index is 0.00752. The van der Waals surface area contributed by atoms with Gasteiger partial charge in [0.25, 0.3) is 5.91 Å². The van der Waals surface area contributed by atoms with Crippen molar-refractivity contribution in [2.45, 2.75) is 98.2 Å². The lowest BCUT2D eigenvalue weighted by Crippen LogP contribution is -2.57. The van der Waals surface area contributed by atoms with E-state index in [0.717, 1.165) is 11.1 Å². The van der Waals surface area contributed by atoms with Gasteiger partial charge in [0.05, 0.1) is 25.9 Å². The van der Waals surface area contributed by atoms with E-state index >= 15 is 0 Å². The normalized spacial score (nSPS) is 21.4. The summed E-state index contributed by atoms with van der Waals surface area (Å²) < 4.78 is 27.8. The van der Waals surface area contributed by atoms with Crippen molar-refractivity contribution in [3.8, 4) is 5.75 Å². The van der Waals surface area contributed by atoms with Crippen LogP contribution in [0.5, 0.6) is 5.75 Å². The van der Waals surface area contributed by atoms with E-state index in [0.29, 0.717) is 37.3 Å². The van der Waals surface area contributed by atoms with Gasteiger partial charge in [-0.3, -0.25) is 19.2 Å². The van der Waals surface area contributed by atoms with Crippen LogP contribution in [0, 0.1) is 19.3 Å². The molecule has 0 spiro atoms. The van der Waals surface area contributed by atoms with E-state index in [-0.39, 0.29) is 13.2 Å². The highest BCUT2D eigenvalue weighted by Crippen LogP contribution is 2.30. The van der Waals surface area contributed by atoms with Crippen LogP contribution < -0.4 is 10.1 Å². The molecule has 0 saturated carbocycles. The minimum Gasteiger partial charge on any atom is -0.494 e. The Morgan fingerprint density at radius 3 is 2.07 bits per heavy atom.